The highest BCUT2D eigenvalue weighted by molar-refractivity contribution is 6.35. The van der Waals surface area contributed by atoms with Crippen molar-refractivity contribution in [2.45, 2.75) is 0 Å². The van der Waals surface area contributed by atoms with Gasteiger partial charge < -0.3 is 4.84 Å². The van der Waals surface area contributed by atoms with Crippen molar-refractivity contribution >= 4 is 12.0 Å². The normalized spacial score (nSPS) is 11.2. The molecule has 0 aliphatic rings. The van der Waals surface area contributed by atoms with E-state index in [-0.39, 0.29) is 5.71 Å². The number of nitrogens with zero attached hydrogens (tertiary/aromatic N) is 2. The molecule has 0 bridgehead atoms. The lowest BCUT2D eigenvalue weighted by Gasteiger charge is -1.88. The molecule has 5 heteroatoms. The highest BCUT2D eigenvalue weighted by Gasteiger charge is 2.04. The van der Waals surface area contributed by atoms with E-state index in [4.69, 9.17) is 0 Å². The largest absolute Gasteiger partial charge is 0.398 e. The first kappa shape index (κ1) is 7.46. The van der Waals surface area contributed by atoms with Crippen LogP contribution in [-0.2, 0) is 9.63 Å². The van der Waals surface area contributed by atoms with Crippen molar-refractivity contribution in [3.63, 3.8) is 0 Å². The number of carbonyl (C=O) groups excluding carboxylic acids is 1. The second-order valence-electron chi connectivity index (χ2n) is 1.68. The van der Waals surface area contributed by atoms with Gasteiger partial charge in [0.25, 0.3) is 6.29 Å². The summed E-state index contributed by atoms with van der Waals surface area (Å²) in [5.74, 6) is 0. The van der Waals surface area contributed by atoms with Crippen molar-refractivity contribution in [3.05, 3.63) is 18.0 Å². The molecule has 1 heterocycles. The van der Waals surface area contributed by atoms with Gasteiger partial charge in [-0.15, -0.1) is 0 Å². The van der Waals surface area contributed by atoms with Crippen LogP contribution in [0, 0.1) is 0 Å². The zero-order valence-corrected chi connectivity index (χ0v) is 5.87. The first-order valence-electron chi connectivity index (χ1n) is 2.88. The molecular weight excluding hydrogens is 146 g/mol. The molecule has 0 atom stereocenters. The molecule has 0 saturated heterocycles. The van der Waals surface area contributed by atoms with Crippen LogP contribution in [0.15, 0.2) is 17.4 Å². The van der Waals surface area contributed by atoms with E-state index in [9.17, 15) is 4.79 Å². The monoisotopic (exact) mass is 152 g/mol. The third-order valence-corrected chi connectivity index (χ3v) is 1.02. The van der Waals surface area contributed by atoms with E-state index in [1.807, 2.05) is 0 Å². The summed E-state index contributed by atoms with van der Waals surface area (Å²) in [4.78, 5) is 14.6. The van der Waals surface area contributed by atoms with E-state index in [0.717, 1.165) is 0 Å². The number of aromatic nitrogens is 2. The Balaban J connectivity index is 2.88. The summed E-state index contributed by atoms with van der Waals surface area (Å²) in [6.45, 7) is 0. The first-order valence-corrected chi connectivity index (χ1v) is 2.88. The minimum Gasteiger partial charge on any atom is -0.398 e. The van der Waals surface area contributed by atoms with Gasteiger partial charge in [0.1, 0.15) is 12.8 Å². The van der Waals surface area contributed by atoms with Gasteiger partial charge in [0.05, 0.1) is 0 Å². The van der Waals surface area contributed by atoms with Crippen molar-refractivity contribution in [1.29, 1.82) is 0 Å². The second kappa shape index (κ2) is 3.50. The van der Waals surface area contributed by atoms with Crippen LogP contribution in [0.25, 0.3) is 0 Å². The van der Waals surface area contributed by atoms with Crippen LogP contribution in [0.2, 0.25) is 0 Å². The van der Waals surface area contributed by atoms with Crippen molar-refractivity contribution < 1.29 is 9.63 Å². The Kier molecular flexibility index (Phi) is 2.37. The van der Waals surface area contributed by atoms with Crippen molar-refractivity contribution in [3.8, 4) is 0 Å². The molecule has 1 N–H and O–H groups in total. The van der Waals surface area contributed by atoms with Crippen LogP contribution in [0.4, 0.5) is 0 Å². The molecule has 11 heavy (non-hydrogen) atoms. The van der Waals surface area contributed by atoms with Gasteiger partial charge in [-0.1, -0.05) is 5.16 Å². The van der Waals surface area contributed by atoms with Gasteiger partial charge in [-0.05, 0) is 6.07 Å². The summed E-state index contributed by atoms with van der Waals surface area (Å²) < 4.78 is 0. The van der Waals surface area contributed by atoms with E-state index < -0.39 is 0 Å². The number of rotatable bonds is 3. The molecule has 1 rings (SSSR count). The zero-order chi connectivity index (χ0) is 8.10. The molecule has 0 unspecified atom stereocenters. The second-order valence-corrected chi connectivity index (χ2v) is 1.68. The molecule has 1 aromatic heterocycles. The molecular formula is C6H6N3O2. The van der Waals surface area contributed by atoms with E-state index in [1.54, 1.807) is 18.5 Å². The van der Waals surface area contributed by atoms with Crippen molar-refractivity contribution in [2.75, 3.05) is 7.11 Å². The highest BCUT2D eigenvalue weighted by atomic mass is 16.6. The Morgan fingerprint density at radius 3 is 3.18 bits per heavy atom. The molecule has 0 saturated carbocycles. The fraction of sp³-hybridized carbons (Fsp3) is 0.167. The molecule has 1 radical (unpaired) electrons. The number of oxime groups is 1. The van der Waals surface area contributed by atoms with E-state index in [2.05, 4.69) is 20.2 Å². The lowest BCUT2D eigenvalue weighted by atomic mass is 10.3. The zero-order valence-electron chi connectivity index (χ0n) is 5.87. The SMILES string of the molecule is CON=C([C]=O)c1cc[nH]n1. The number of aromatic amines is 1. The summed E-state index contributed by atoms with van der Waals surface area (Å²) >= 11 is 0. The van der Waals surface area contributed by atoms with Gasteiger partial charge in [0.15, 0.2) is 5.71 Å². The van der Waals surface area contributed by atoms with Crippen LogP contribution in [0.3, 0.4) is 0 Å². The highest BCUT2D eigenvalue weighted by Crippen LogP contribution is 1.93. The van der Waals surface area contributed by atoms with Crippen molar-refractivity contribution in [2.24, 2.45) is 5.16 Å². The topological polar surface area (TPSA) is 67.3 Å². The molecule has 0 aromatic carbocycles. The Hall–Kier alpha value is -1.65. The Morgan fingerprint density at radius 2 is 2.73 bits per heavy atom. The quantitative estimate of drug-likeness (QED) is 0.484. The van der Waals surface area contributed by atoms with Gasteiger partial charge in [0, 0.05) is 6.20 Å². The summed E-state index contributed by atoms with van der Waals surface area (Å²) in [7, 11) is 1.35. The maximum Gasteiger partial charge on any atom is 0.259 e. The molecule has 1 aromatic rings. The summed E-state index contributed by atoms with van der Waals surface area (Å²) in [6, 6.07) is 1.60. The number of nitrogens with one attached hydrogen (secondary N) is 1. The third kappa shape index (κ3) is 1.64. The standard InChI is InChI=1S/C6H6N3O2/c1-11-9-6(4-10)5-2-3-7-8-5/h2-3H,1H3,(H,7,8). The minimum absolute atomic E-state index is 0.0498. The molecule has 0 fully saturated rings. The van der Waals surface area contributed by atoms with Gasteiger partial charge >= 0.3 is 0 Å². The Morgan fingerprint density at radius 1 is 1.91 bits per heavy atom. The smallest absolute Gasteiger partial charge is 0.259 e. The maximum absolute atomic E-state index is 10.2. The summed E-state index contributed by atoms with van der Waals surface area (Å²) in [5.41, 5.74) is 0.468. The van der Waals surface area contributed by atoms with Crippen LogP contribution in [0.5, 0.6) is 0 Å². The molecule has 57 valence electrons. The van der Waals surface area contributed by atoms with Crippen LogP contribution >= 0.6 is 0 Å². The average Bonchev–Trinajstić information content (AvgIpc) is 2.52. The van der Waals surface area contributed by atoms with E-state index in [0.29, 0.717) is 5.69 Å². The van der Waals surface area contributed by atoms with Crippen LogP contribution in [0.1, 0.15) is 5.69 Å². The molecule has 0 aliphatic carbocycles. The van der Waals surface area contributed by atoms with E-state index in [1.165, 1.54) is 7.11 Å². The van der Waals surface area contributed by atoms with E-state index >= 15 is 0 Å². The number of hydrogen-bond acceptors (Lipinski definition) is 4. The fourth-order valence-corrected chi connectivity index (χ4v) is 0.601. The lowest BCUT2D eigenvalue weighted by Crippen LogP contribution is -2.03. The van der Waals surface area contributed by atoms with Gasteiger partial charge in [-0.25, -0.2) is 0 Å². The van der Waals surface area contributed by atoms with Gasteiger partial charge in [-0.2, -0.15) is 5.10 Å². The molecule has 0 spiro atoms. The maximum atomic E-state index is 10.2. The predicted molar refractivity (Wildman–Crippen MR) is 37.8 cm³/mol. The molecule has 0 aliphatic heterocycles. The van der Waals surface area contributed by atoms with Crippen LogP contribution < -0.4 is 0 Å². The summed E-state index contributed by atoms with van der Waals surface area (Å²) in [5, 5.41) is 9.64. The average molecular weight is 152 g/mol. The number of H-pyrrole nitrogens is 1. The van der Waals surface area contributed by atoms with Crippen molar-refractivity contribution in [1.82, 2.24) is 10.2 Å². The Bertz CT molecular complexity index is 253. The van der Waals surface area contributed by atoms with Gasteiger partial charge in [0.2, 0.25) is 0 Å². The first-order chi connectivity index (χ1) is 5.38. The minimum atomic E-state index is 0.0498. The van der Waals surface area contributed by atoms with Gasteiger partial charge in [-0.3, -0.25) is 9.89 Å². The number of hydrogen-bond donors (Lipinski definition) is 1. The predicted octanol–water partition coefficient (Wildman–Crippen LogP) is -0.130. The lowest BCUT2D eigenvalue weighted by molar-refractivity contribution is 0.214. The third-order valence-electron chi connectivity index (χ3n) is 1.02. The summed E-state index contributed by atoms with van der Waals surface area (Å²) in [6.07, 6.45) is 3.18. The van der Waals surface area contributed by atoms with Crippen LogP contribution in [-0.4, -0.2) is 29.3 Å². The Labute approximate surface area is 63.0 Å². The fourth-order valence-electron chi connectivity index (χ4n) is 0.601. The molecule has 5 nitrogen and oxygen atoms in total. The molecule has 0 amide bonds.